The minimum Gasteiger partial charge on any atom is -0.339 e. The van der Waals surface area contributed by atoms with Gasteiger partial charge in [-0.25, -0.2) is 0 Å². The Bertz CT molecular complexity index is 442. The van der Waals surface area contributed by atoms with Gasteiger partial charge in [-0.15, -0.1) is 0 Å². The lowest BCUT2D eigenvalue weighted by Crippen LogP contribution is -2.31. The quantitative estimate of drug-likeness (QED) is 0.790. The van der Waals surface area contributed by atoms with Gasteiger partial charge in [-0.3, -0.25) is 9.59 Å². The molecule has 5 heteroatoms. The number of amides is 1. The standard InChI is InChI=1S/C12H13Cl2NO2/c1-3-15(4-2)12(17)10-8(11(14)16)6-5-7-9(10)13/h5-7H,3-4H2,1-2H3. The smallest absolute Gasteiger partial charge is 0.256 e. The molecule has 1 aromatic rings. The molecular weight excluding hydrogens is 261 g/mol. The Morgan fingerprint density at radius 3 is 2.29 bits per heavy atom. The van der Waals surface area contributed by atoms with Crippen LogP contribution in [0.15, 0.2) is 18.2 Å². The number of rotatable bonds is 4. The first kappa shape index (κ1) is 14.0. The lowest BCUT2D eigenvalue weighted by atomic mass is 10.1. The maximum Gasteiger partial charge on any atom is 0.256 e. The number of halogens is 2. The molecule has 0 aliphatic heterocycles. The van der Waals surface area contributed by atoms with Crippen molar-refractivity contribution < 1.29 is 9.59 Å². The van der Waals surface area contributed by atoms with E-state index in [1.54, 1.807) is 17.0 Å². The fourth-order valence-electron chi connectivity index (χ4n) is 1.57. The highest BCUT2D eigenvalue weighted by Gasteiger charge is 2.22. The predicted molar refractivity (Wildman–Crippen MR) is 68.9 cm³/mol. The molecular formula is C12H13Cl2NO2. The van der Waals surface area contributed by atoms with Crippen molar-refractivity contribution in [1.29, 1.82) is 0 Å². The van der Waals surface area contributed by atoms with Crippen LogP contribution < -0.4 is 0 Å². The van der Waals surface area contributed by atoms with Crippen LogP contribution in [-0.2, 0) is 0 Å². The lowest BCUT2D eigenvalue weighted by molar-refractivity contribution is 0.0769. The zero-order valence-corrected chi connectivity index (χ0v) is 11.2. The Morgan fingerprint density at radius 2 is 1.82 bits per heavy atom. The van der Waals surface area contributed by atoms with Gasteiger partial charge in [0.2, 0.25) is 0 Å². The summed E-state index contributed by atoms with van der Waals surface area (Å²) in [5.41, 5.74) is 0.328. The van der Waals surface area contributed by atoms with Crippen LogP contribution in [0, 0.1) is 0 Å². The third kappa shape index (κ3) is 2.99. The zero-order valence-electron chi connectivity index (χ0n) is 9.67. The maximum absolute atomic E-state index is 12.2. The monoisotopic (exact) mass is 273 g/mol. The molecule has 0 spiro atoms. The number of hydrogen-bond acceptors (Lipinski definition) is 2. The molecule has 0 saturated carbocycles. The summed E-state index contributed by atoms with van der Waals surface area (Å²) in [5.74, 6) is -0.274. The summed E-state index contributed by atoms with van der Waals surface area (Å²) >= 11 is 11.4. The Morgan fingerprint density at radius 1 is 1.24 bits per heavy atom. The van der Waals surface area contributed by atoms with E-state index < -0.39 is 5.24 Å². The minimum atomic E-state index is -0.678. The van der Waals surface area contributed by atoms with Gasteiger partial charge in [0, 0.05) is 18.7 Å². The van der Waals surface area contributed by atoms with Crippen molar-refractivity contribution in [3.05, 3.63) is 34.3 Å². The summed E-state index contributed by atoms with van der Waals surface area (Å²) in [5, 5.41) is -0.434. The van der Waals surface area contributed by atoms with Crippen LogP contribution in [0.4, 0.5) is 0 Å². The zero-order chi connectivity index (χ0) is 13.0. The summed E-state index contributed by atoms with van der Waals surface area (Å²) in [7, 11) is 0. The van der Waals surface area contributed by atoms with Crippen LogP contribution in [0.3, 0.4) is 0 Å². The van der Waals surface area contributed by atoms with Gasteiger partial charge in [0.25, 0.3) is 11.1 Å². The van der Waals surface area contributed by atoms with E-state index in [0.29, 0.717) is 13.1 Å². The Balaban J connectivity index is 3.29. The van der Waals surface area contributed by atoms with Gasteiger partial charge in [0.1, 0.15) is 0 Å². The molecule has 1 amide bonds. The fourth-order valence-corrected chi connectivity index (χ4v) is 1.99. The first-order chi connectivity index (χ1) is 8.02. The molecule has 0 N–H and O–H groups in total. The molecule has 0 aliphatic rings. The van der Waals surface area contributed by atoms with Gasteiger partial charge in [0.15, 0.2) is 0 Å². The van der Waals surface area contributed by atoms with Crippen LogP contribution >= 0.6 is 23.2 Å². The van der Waals surface area contributed by atoms with Crippen molar-refractivity contribution >= 4 is 34.4 Å². The van der Waals surface area contributed by atoms with Crippen LogP contribution in [0.5, 0.6) is 0 Å². The maximum atomic E-state index is 12.2. The van der Waals surface area contributed by atoms with E-state index in [1.807, 2.05) is 13.8 Å². The second-order valence-electron chi connectivity index (χ2n) is 3.41. The van der Waals surface area contributed by atoms with Crippen molar-refractivity contribution in [3.63, 3.8) is 0 Å². The number of hydrogen-bond donors (Lipinski definition) is 0. The highest BCUT2D eigenvalue weighted by atomic mass is 35.5. The molecule has 0 unspecified atom stereocenters. The summed E-state index contributed by atoms with van der Waals surface area (Å²) in [6.07, 6.45) is 0. The first-order valence-electron chi connectivity index (χ1n) is 5.30. The molecule has 1 aromatic carbocycles. The Kier molecular flexibility index (Phi) is 4.97. The minimum absolute atomic E-state index is 0.149. The molecule has 0 aromatic heterocycles. The molecule has 0 aliphatic carbocycles. The molecule has 3 nitrogen and oxygen atoms in total. The van der Waals surface area contributed by atoms with Crippen LogP contribution in [0.1, 0.15) is 34.6 Å². The summed E-state index contributed by atoms with van der Waals surface area (Å²) in [6, 6.07) is 4.66. The predicted octanol–water partition coefficient (Wildman–Crippen LogP) is 3.20. The van der Waals surface area contributed by atoms with Crippen molar-refractivity contribution in [2.45, 2.75) is 13.8 Å². The highest BCUT2D eigenvalue weighted by molar-refractivity contribution is 6.68. The van der Waals surface area contributed by atoms with Crippen molar-refractivity contribution in [1.82, 2.24) is 4.90 Å². The first-order valence-corrected chi connectivity index (χ1v) is 6.06. The molecule has 1 rings (SSSR count). The SMILES string of the molecule is CCN(CC)C(=O)c1c(Cl)cccc1C(=O)Cl. The number of nitrogens with zero attached hydrogens (tertiary/aromatic N) is 1. The highest BCUT2D eigenvalue weighted by Crippen LogP contribution is 2.23. The summed E-state index contributed by atoms with van der Waals surface area (Å²) in [4.78, 5) is 25.0. The van der Waals surface area contributed by atoms with Crippen LogP contribution in [0.25, 0.3) is 0 Å². The van der Waals surface area contributed by atoms with Gasteiger partial charge in [-0.05, 0) is 37.6 Å². The topological polar surface area (TPSA) is 37.4 Å². The largest absolute Gasteiger partial charge is 0.339 e. The molecule has 17 heavy (non-hydrogen) atoms. The van der Waals surface area contributed by atoms with E-state index in [9.17, 15) is 9.59 Å². The van der Waals surface area contributed by atoms with Gasteiger partial charge < -0.3 is 4.90 Å². The second-order valence-corrected chi connectivity index (χ2v) is 4.16. The van der Waals surface area contributed by atoms with E-state index in [0.717, 1.165) is 0 Å². The molecule has 0 atom stereocenters. The van der Waals surface area contributed by atoms with Crippen LogP contribution in [0.2, 0.25) is 5.02 Å². The fraction of sp³-hybridized carbons (Fsp3) is 0.333. The molecule has 0 saturated heterocycles. The normalized spacial score (nSPS) is 10.1. The van der Waals surface area contributed by atoms with Gasteiger partial charge in [-0.2, -0.15) is 0 Å². The second kappa shape index (κ2) is 6.03. The van der Waals surface area contributed by atoms with Crippen molar-refractivity contribution in [2.24, 2.45) is 0 Å². The van der Waals surface area contributed by atoms with E-state index >= 15 is 0 Å². The third-order valence-corrected chi connectivity index (χ3v) is 3.01. The number of carbonyl (C=O) groups excluding carboxylic acids is 2. The molecule has 0 fully saturated rings. The number of benzene rings is 1. The van der Waals surface area contributed by atoms with Gasteiger partial charge in [0.05, 0.1) is 10.6 Å². The van der Waals surface area contributed by atoms with E-state index in [1.165, 1.54) is 6.07 Å². The van der Waals surface area contributed by atoms with E-state index in [-0.39, 0.29) is 22.1 Å². The molecule has 0 heterocycles. The van der Waals surface area contributed by atoms with Crippen LogP contribution in [-0.4, -0.2) is 29.1 Å². The summed E-state index contributed by atoms with van der Waals surface area (Å²) < 4.78 is 0. The van der Waals surface area contributed by atoms with E-state index in [4.69, 9.17) is 23.2 Å². The molecule has 92 valence electrons. The van der Waals surface area contributed by atoms with E-state index in [2.05, 4.69) is 0 Å². The van der Waals surface area contributed by atoms with Crippen molar-refractivity contribution in [3.8, 4) is 0 Å². The molecule has 0 bridgehead atoms. The Labute approximate surface area is 110 Å². The van der Waals surface area contributed by atoms with Gasteiger partial charge in [-0.1, -0.05) is 17.7 Å². The third-order valence-electron chi connectivity index (χ3n) is 2.49. The average molecular weight is 274 g/mol. The summed E-state index contributed by atoms with van der Waals surface area (Å²) in [6.45, 7) is 4.83. The lowest BCUT2D eigenvalue weighted by Gasteiger charge is -2.20. The Hall–Kier alpha value is -1.06. The molecule has 0 radical (unpaired) electrons. The average Bonchev–Trinajstić information content (AvgIpc) is 2.29. The van der Waals surface area contributed by atoms with Gasteiger partial charge >= 0.3 is 0 Å². The van der Waals surface area contributed by atoms with Crippen molar-refractivity contribution in [2.75, 3.05) is 13.1 Å². The number of carbonyl (C=O) groups is 2.